The molecule has 18 heavy (non-hydrogen) atoms. The Kier molecular flexibility index (Phi) is 8.20. The second kappa shape index (κ2) is 9.47. The Labute approximate surface area is 117 Å². The van der Waals surface area contributed by atoms with Gasteiger partial charge in [-0.3, -0.25) is 0 Å². The van der Waals surface area contributed by atoms with Crippen molar-refractivity contribution in [3.05, 3.63) is 34.3 Å². The number of hydrogen-bond acceptors (Lipinski definition) is 4. The van der Waals surface area contributed by atoms with Crippen molar-refractivity contribution in [2.24, 2.45) is 11.5 Å². The Morgan fingerprint density at radius 3 is 2.06 bits per heavy atom. The molecule has 0 aromatic heterocycles. The van der Waals surface area contributed by atoms with E-state index in [1.165, 1.54) is 0 Å². The molecule has 0 radical (unpaired) electrons. The van der Waals surface area contributed by atoms with Crippen molar-refractivity contribution < 1.29 is 9.47 Å². The number of hydrogen-bond donors (Lipinski definition) is 2. The zero-order valence-corrected chi connectivity index (χ0v) is 12.1. The van der Waals surface area contributed by atoms with Crippen LogP contribution in [0.15, 0.2) is 28.7 Å². The summed E-state index contributed by atoms with van der Waals surface area (Å²) >= 11 is 3.51. The lowest BCUT2D eigenvalue weighted by molar-refractivity contribution is -0.147. The topological polar surface area (TPSA) is 70.5 Å². The average Bonchev–Trinajstić information content (AvgIpc) is 2.38. The van der Waals surface area contributed by atoms with E-state index in [-0.39, 0.29) is 6.29 Å². The van der Waals surface area contributed by atoms with E-state index in [9.17, 15) is 0 Å². The third-order valence-electron chi connectivity index (χ3n) is 2.39. The molecule has 0 spiro atoms. The minimum Gasteiger partial charge on any atom is -0.348 e. The van der Waals surface area contributed by atoms with Gasteiger partial charge in [-0.1, -0.05) is 34.1 Å². The molecule has 4 nitrogen and oxygen atoms in total. The fraction of sp³-hybridized carbons (Fsp3) is 0.538. The first-order valence-corrected chi connectivity index (χ1v) is 6.96. The van der Waals surface area contributed by atoms with Gasteiger partial charge < -0.3 is 20.9 Å². The molecular weight excluding hydrogens is 296 g/mol. The van der Waals surface area contributed by atoms with Gasteiger partial charge in [0, 0.05) is 10.0 Å². The zero-order chi connectivity index (χ0) is 13.2. The summed E-state index contributed by atoms with van der Waals surface area (Å²) in [6.07, 6.45) is 1.28. The van der Waals surface area contributed by atoms with Crippen LogP contribution < -0.4 is 11.5 Å². The maximum atomic E-state index is 5.72. The number of benzene rings is 1. The van der Waals surface area contributed by atoms with Crippen LogP contribution in [-0.4, -0.2) is 26.3 Å². The lowest BCUT2D eigenvalue weighted by atomic mass is 10.2. The lowest BCUT2D eigenvalue weighted by Gasteiger charge is -2.20. The summed E-state index contributed by atoms with van der Waals surface area (Å²) in [6, 6.07) is 7.89. The number of nitrogens with two attached hydrogens (primary N) is 2. The molecule has 0 aliphatic carbocycles. The van der Waals surface area contributed by atoms with Crippen molar-refractivity contribution in [2.45, 2.75) is 19.1 Å². The van der Waals surface area contributed by atoms with Gasteiger partial charge in [-0.15, -0.1) is 0 Å². The van der Waals surface area contributed by atoms with Gasteiger partial charge in [0.15, 0.2) is 6.29 Å². The maximum Gasteiger partial charge on any atom is 0.184 e. The average molecular weight is 317 g/mol. The summed E-state index contributed by atoms with van der Waals surface area (Å²) in [5.41, 5.74) is 11.9. The van der Waals surface area contributed by atoms with Crippen LogP contribution in [-0.2, 0) is 9.47 Å². The number of rotatable bonds is 9. The maximum absolute atomic E-state index is 5.72. The van der Waals surface area contributed by atoms with Crippen molar-refractivity contribution in [1.82, 2.24) is 0 Å². The predicted octanol–water partition coefficient (Wildman–Crippen LogP) is 2.18. The van der Waals surface area contributed by atoms with Gasteiger partial charge in [0.2, 0.25) is 0 Å². The van der Waals surface area contributed by atoms with Crippen molar-refractivity contribution in [1.29, 1.82) is 0 Å². The molecule has 0 saturated heterocycles. The van der Waals surface area contributed by atoms with E-state index in [1.54, 1.807) is 0 Å². The lowest BCUT2D eigenvalue weighted by Crippen LogP contribution is -2.14. The zero-order valence-electron chi connectivity index (χ0n) is 10.5. The predicted molar refractivity (Wildman–Crippen MR) is 76.1 cm³/mol. The fourth-order valence-corrected chi connectivity index (χ4v) is 1.91. The molecule has 0 aliphatic rings. The van der Waals surface area contributed by atoms with Gasteiger partial charge in [0.1, 0.15) is 0 Å². The normalized spacial score (nSPS) is 11.1. The quantitative estimate of drug-likeness (QED) is 0.541. The van der Waals surface area contributed by atoms with Crippen LogP contribution in [0.5, 0.6) is 0 Å². The molecule has 0 unspecified atom stereocenters. The third-order valence-corrected chi connectivity index (χ3v) is 3.12. The van der Waals surface area contributed by atoms with Crippen LogP contribution in [0.25, 0.3) is 0 Å². The first kappa shape index (κ1) is 15.6. The minimum absolute atomic E-state index is 0.362. The monoisotopic (exact) mass is 316 g/mol. The standard InChI is InChI=1S/C13H21BrN2O2/c14-12-6-2-1-5-11(12)13(17-9-3-7-15)18-10-4-8-16/h1-2,5-6,13H,3-4,7-10,15-16H2. The van der Waals surface area contributed by atoms with Crippen LogP contribution in [0.4, 0.5) is 0 Å². The highest BCUT2D eigenvalue weighted by Gasteiger charge is 2.14. The number of halogens is 1. The molecule has 1 aromatic carbocycles. The van der Waals surface area contributed by atoms with Crippen LogP contribution in [0.2, 0.25) is 0 Å². The summed E-state index contributed by atoms with van der Waals surface area (Å²) < 4.78 is 12.4. The van der Waals surface area contributed by atoms with Crippen molar-refractivity contribution in [2.75, 3.05) is 26.3 Å². The van der Waals surface area contributed by atoms with Gasteiger partial charge in [0.05, 0.1) is 13.2 Å². The summed E-state index contributed by atoms with van der Waals surface area (Å²) in [5.74, 6) is 0. The first-order valence-electron chi connectivity index (χ1n) is 6.17. The third kappa shape index (κ3) is 5.46. The van der Waals surface area contributed by atoms with Crippen LogP contribution in [0, 0.1) is 0 Å². The highest BCUT2D eigenvalue weighted by molar-refractivity contribution is 9.10. The van der Waals surface area contributed by atoms with E-state index < -0.39 is 0 Å². The van der Waals surface area contributed by atoms with Gasteiger partial charge in [-0.05, 0) is 32.0 Å². The molecule has 5 heteroatoms. The second-order valence-corrected chi connectivity index (χ2v) is 4.73. The molecule has 0 atom stereocenters. The molecule has 0 amide bonds. The molecule has 0 bridgehead atoms. The van der Waals surface area contributed by atoms with E-state index in [1.807, 2.05) is 24.3 Å². The highest BCUT2D eigenvalue weighted by Crippen LogP contribution is 2.27. The molecule has 102 valence electrons. The Balaban J connectivity index is 2.60. The van der Waals surface area contributed by atoms with Gasteiger partial charge in [-0.25, -0.2) is 0 Å². The minimum atomic E-state index is -0.362. The Bertz CT molecular complexity index is 327. The molecule has 0 aliphatic heterocycles. The Morgan fingerprint density at radius 1 is 1.00 bits per heavy atom. The molecule has 0 fully saturated rings. The van der Waals surface area contributed by atoms with E-state index >= 15 is 0 Å². The summed E-state index contributed by atoms with van der Waals surface area (Å²) in [5, 5.41) is 0. The molecule has 4 N–H and O–H groups in total. The van der Waals surface area contributed by atoms with E-state index in [0.717, 1.165) is 22.9 Å². The smallest absolute Gasteiger partial charge is 0.184 e. The summed E-state index contributed by atoms with van der Waals surface area (Å²) in [4.78, 5) is 0. The van der Waals surface area contributed by atoms with Gasteiger partial charge >= 0.3 is 0 Å². The fourth-order valence-electron chi connectivity index (χ4n) is 1.44. The molecule has 1 rings (SSSR count). The highest BCUT2D eigenvalue weighted by atomic mass is 79.9. The van der Waals surface area contributed by atoms with Gasteiger partial charge in [-0.2, -0.15) is 0 Å². The van der Waals surface area contributed by atoms with E-state index in [0.29, 0.717) is 26.3 Å². The van der Waals surface area contributed by atoms with Crippen molar-refractivity contribution in [3.63, 3.8) is 0 Å². The summed E-state index contributed by atoms with van der Waals surface area (Å²) in [6.45, 7) is 2.41. The Hall–Kier alpha value is -0.460. The van der Waals surface area contributed by atoms with Crippen LogP contribution in [0.1, 0.15) is 24.7 Å². The largest absolute Gasteiger partial charge is 0.348 e. The molecule has 0 saturated carbocycles. The SMILES string of the molecule is NCCCOC(OCCCN)c1ccccc1Br. The number of ether oxygens (including phenoxy) is 2. The molecule has 1 aromatic rings. The molecule has 0 heterocycles. The van der Waals surface area contributed by atoms with E-state index in [2.05, 4.69) is 15.9 Å². The molecular formula is C13H21BrN2O2. The van der Waals surface area contributed by atoms with Crippen LogP contribution in [0.3, 0.4) is 0 Å². The van der Waals surface area contributed by atoms with Crippen molar-refractivity contribution >= 4 is 15.9 Å². The Morgan fingerprint density at radius 2 is 1.56 bits per heavy atom. The van der Waals surface area contributed by atoms with Crippen molar-refractivity contribution in [3.8, 4) is 0 Å². The van der Waals surface area contributed by atoms with E-state index in [4.69, 9.17) is 20.9 Å². The van der Waals surface area contributed by atoms with Gasteiger partial charge in [0.25, 0.3) is 0 Å². The summed E-state index contributed by atoms with van der Waals surface area (Å²) in [7, 11) is 0. The van der Waals surface area contributed by atoms with Crippen LogP contribution >= 0.6 is 15.9 Å². The second-order valence-electron chi connectivity index (χ2n) is 3.88. The first-order chi connectivity index (χ1) is 8.79.